The molecule has 0 saturated carbocycles. The average molecular weight is 218 g/mol. The van der Waals surface area contributed by atoms with Gasteiger partial charge in [-0.2, -0.15) is 0 Å². The van der Waals surface area contributed by atoms with Crippen LogP contribution < -0.4 is 5.32 Å². The lowest BCUT2D eigenvalue weighted by molar-refractivity contribution is -0.707. The van der Waals surface area contributed by atoms with Crippen LogP contribution in [0.5, 0.6) is 0 Å². The molecule has 1 aliphatic rings. The minimum Gasteiger partial charge on any atom is -0.481 e. The Balaban J connectivity index is 2.21. The molecule has 0 aromatic rings. The first kappa shape index (κ1) is 12.4. The number of rotatable bonds is 5. The van der Waals surface area contributed by atoms with Gasteiger partial charge in [0.2, 0.25) is 0 Å². The van der Waals surface area contributed by atoms with Crippen LogP contribution in [0.4, 0.5) is 0 Å². The standard InChI is InChI=1S/C10H19NO4/c1-10(14)4-6-15-7-8(10)11-5-2-3-9(12)13/h8,11,14H,2-7H2,1H3,(H,12,13)/p+1. The third kappa shape index (κ3) is 4.15. The molecule has 0 bridgehead atoms. The van der Waals surface area contributed by atoms with Crippen LogP contribution in [0.15, 0.2) is 0 Å². The van der Waals surface area contributed by atoms with Crippen LogP contribution in [0.1, 0.15) is 26.2 Å². The first-order valence-corrected chi connectivity index (χ1v) is 5.37. The van der Waals surface area contributed by atoms with Gasteiger partial charge in [0.05, 0.1) is 13.0 Å². The van der Waals surface area contributed by atoms with Crippen LogP contribution in [0, 0.1) is 0 Å². The van der Waals surface area contributed by atoms with Crippen LogP contribution in [0.3, 0.4) is 0 Å². The molecule has 0 spiro atoms. The molecule has 1 heterocycles. The third-order valence-corrected chi connectivity index (χ3v) is 2.89. The predicted molar refractivity (Wildman–Crippen MR) is 53.5 cm³/mol. The fourth-order valence-corrected chi connectivity index (χ4v) is 1.75. The molecule has 4 N–H and O–H groups in total. The van der Waals surface area contributed by atoms with E-state index >= 15 is 0 Å². The van der Waals surface area contributed by atoms with Gasteiger partial charge in [-0.25, -0.2) is 0 Å². The summed E-state index contributed by atoms with van der Waals surface area (Å²) in [6.07, 6.45) is 1.46. The number of ether oxygens (including phenoxy) is 1. The zero-order valence-electron chi connectivity index (χ0n) is 9.11. The van der Waals surface area contributed by atoms with Gasteiger partial charge in [-0.15, -0.1) is 0 Å². The highest BCUT2D eigenvalue weighted by Gasteiger charge is 2.37. The molecule has 0 amide bonds. The van der Waals surface area contributed by atoms with E-state index in [0.717, 1.165) is 6.54 Å². The third-order valence-electron chi connectivity index (χ3n) is 2.89. The van der Waals surface area contributed by atoms with Gasteiger partial charge >= 0.3 is 5.97 Å². The fraction of sp³-hybridized carbons (Fsp3) is 0.900. The van der Waals surface area contributed by atoms with Crippen LogP contribution in [-0.2, 0) is 9.53 Å². The molecular weight excluding hydrogens is 198 g/mol. The second kappa shape index (κ2) is 5.44. The van der Waals surface area contributed by atoms with Crippen molar-refractivity contribution in [3.8, 4) is 0 Å². The highest BCUT2D eigenvalue weighted by molar-refractivity contribution is 5.66. The van der Waals surface area contributed by atoms with Crippen LogP contribution in [-0.4, -0.2) is 47.6 Å². The molecule has 1 saturated heterocycles. The maximum absolute atomic E-state index is 10.3. The Labute approximate surface area is 89.4 Å². The van der Waals surface area contributed by atoms with Crippen molar-refractivity contribution in [1.29, 1.82) is 0 Å². The van der Waals surface area contributed by atoms with Crippen molar-refractivity contribution in [3.63, 3.8) is 0 Å². The zero-order valence-corrected chi connectivity index (χ0v) is 9.11. The maximum atomic E-state index is 10.3. The monoisotopic (exact) mass is 218 g/mol. The van der Waals surface area contributed by atoms with Crippen molar-refractivity contribution >= 4 is 5.97 Å². The summed E-state index contributed by atoms with van der Waals surface area (Å²) in [5, 5.41) is 20.5. The van der Waals surface area contributed by atoms with Crippen molar-refractivity contribution in [2.24, 2.45) is 0 Å². The Morgan fingerprint density at radius 1 is 1.67 bits per heavy atom. The minimum absolute atomic E-state index is 0.0278. The molecule has 1 fully saturated rings. The summed E-state index contributed by atoms with van der Waals surface area (Å²) in [4.78, 5) is 10.3. The number of carbonyl (C=O) groups is 1. The van der Waals surface area contributed by atoms with E-state index in [0.29, 0.717) is 26.1 Å². The second-order valence-corrected chi connectivity index (χ2v) is 4.31. The van der Waals surface area contributed by atoms with Crippen LogP contribution in [0.25, 0.3) is 0 Å². The Kier molecular flexibility index (Phi) is 4.50. The van der Waals surface area contributed by atoms with E-state index in [9.17, 15) is 9.90 Å². The van der Waals surface area contributed by atoms with Gasteiger partial charge in [0.1, 0.15) is 18.2 Å². The van der Waals surface area contributed by atoms with E-state index in [2.05, 4.69) is 0 Å². The molecule has 1 aliphatic heterocycles. The molecule has 2 atom stereocenters. The van der Waals surface area contributed by atoms with Crippen LogP contribution in [0.2, 0.25) is 0 Å². The van der Waals surface area contributed by atoms with Crippen molar-refractivity contribution < 1.29 is 25.1 Å². The highest BCUT2D eigenvalue weighted by Crippen LogP contribution is 2.17. The number of nitrogens with two attached hydrogens (primary N) is 1. The molecule has 15 heavy (non-hydrogen) atoms. The van der Waals surface area contributed by atoms with Gasteiger partial charge in [-0.3, -0.25) is 4.79 Å². The zero-order chi connectivity index (χ0) is 11.3. The number of hydrogen-bond donors (Lipinski definition) is 3. The van der Waals surface area contributed by atoms with E-state index in [1.54, 1.807) is 0 Å². The highest BCUT2D eigenvalue weighted by atomic mass is 16.5. The average Bonchev–Trinajstić information content (AvgIpc) is 2.13. The fourth-order valence-electron chi connectivity index (χ4n) is 1.75. The molecule has 0 aromatic heterocycles. The number of quaternary nitrogens is 1. The Bertz CT molecular complexity index is 217. The Hall–Kier alpha value is -0.650. The van der Waals surface area contributed by atoms with E-state index in [1.165, 1.54) is 0 Å². The molecular formula is C10H20NO4+. The first-order chi connectivity index (χ1) is 7.02. The summed E-state index contributed by atoms with van der Waals surface area (Å²) in [5.74, 6) is -0.768. The van der Waals surface area contributed by atoms with Gasteiger partial charge in [0.15, 0.2) is 0 Å². The second-order valence-electron chi connectivity index (χ2n) is 4.31. The lowest BCUT2D eigenvalue weighted by Crippen LogP contribution is -2.96. The van der Waals surface area contributed by atoms with Crippen LogP contribution >= 0.6 is 0 Å². The summed E-state index contributed by atoms with van der Waals surface area (Å²) in [5.41, 5.74) is -0.693. The van der Waals surface area contributed by atoms with Gasteiger partial charge < -0.3 is 20.3 Å². The molecule has 1 rings (SSSR count). The number of hydrogen-bond acceptors (Lipinski definition) is 3. The summed E-state index contributed by atoms with van der Waals surface area (Å²) in [6.45, 7) is 3.68. The molecule has 5 nitrogen and oxygen atoms in total. The predicted octanol–water partition coefficient (Wildman–Crippen LogP) is -1.05. The molecule has 0 radical (unpaired) electrons. The van der Waals surface area contributed by atoms with Gasteiger partial charge in [0.25, 0.3) is 0 Å². The summed E-state index contributed by atoms with van der Waals surface area (Å²) in [6, 6.07) is 0.0278. The lowest BCUT2D eigenvalue weighted by Gasteiger charge is -2.34. The summed E-state index contributed by atoms with van der Waals surface area (Å²) < 4.78 is 5.29. The number of aliphatic carboxylic acids is 1. The van der Waals surface area contributed by atoms with E-state index in [4.69, 9.17) is 9.84 Å². The lowest BCUT2D eigenvalue weighted by atomic mass is 9.91. The number of carboxylic acids is 1. The smallest absolute Gasteiger partial charge is 0.303 e. The normalized spacial score (nSPS) is 31.5. The molecule has 0 aromatic carbocycles. The van der Waals surface area contributed by atoms with E-state index in [-0.39, 0.29) is 12.5 Å². The van der Waals surface area contributed by atoms with E-state index in [1.807, 2.05) is 12.2 Å². The Morgan fingerprint density at radius 3 is 3.00 bits per heavy atom. The van der Waals surface area contributed by atoms with Crippen molar-refractivity contribution in [1.82, 2.24) is 0 Å². The van der Waals surface area contributed by atoms with Crippen molar-refractivity contribution in [2.75, 3.05) is 19.8 Å². The Morgan fingerprint density at radius 2 is 2.40 bits per heavy atom. The van der Waals surface area contributed by atoms with Gasteiger partial charge in [-0.05, 0) is 6.92 Å². The molecule has 2 unspecified atom stereocenters. The largest absolute Gasteiger partial charge is 0.481 e. The van der Waals surface area contributed by atoms with Crippen molar-refractivity contribution in [3.05, 3.63) is 0 Å². The quantitative estimate of drug-likeness (QED) is 0.514. The number of carboxylic acid groups (broad SMARTS) is 1. The first-order valence-electron chi connectivity index (χ1n) is 5.37. The molecule has 5 heteroatoms. The summed E-state index contributed by atoms with van der Waals surface area (Å²) >= 11 is 0. The molecule has 88 valence electrons. The molecule has 0 aliphatic carbocycles. The number of aliphatic hydroxyl groups is 1. The minimum atomic E-state index is -0.768. The van der Waals surface area contributed by atoms with E-state index < -0.39 is 11.6 Å². The topological polar surface area (TPSA) is 83.4 Å². The van der Waals surface area contributed by atoms with Gasteiger partial charge in [-0.1, -0.05) is 0 Å². The van der Waals surface area contributed by atoms with Crippen molar-refractivity contribution in [2.45, 2.75) is 37.8 Å². The SMILES string of the molecule is CC1(O)CCOCC1[NH2+]CCCC(=O)O. The van der Waals surface area contributed by atoms with Gasteiger partial charge in [0, 0.05) is 19.4 Å². The maximum Gasteiger partial charge on any atom is 0.303 e. The summed E-state index contributed by atoms with van der Waals surface area (Å²) in [7, 11) is 0.